The van der Waals surface area contributed by atoms with Crippen LogP contribution in [0.2, 0.25) is 0 Å². The minimum atomic E-state index is -1.13. The molecule has 74 valence electrons. The van der Waals surface area contributed by atoms with Gasteiger partial charge in [-0.05, 0) is 0 Å². The first kappa shape index (κ1) is 9.99. The van der Waals surface area contributed by atoms with E-state index in [1.807, 2.05) is 0 Å². The number of aromatic nitrogens is 1. The van der Waals surface area contributed by atoms with Crippen molar-refractivity contribution in [2.24, 2.45) is 0 Å². The van der Waals surface area contributed by atoms with Crippen molar-refractivity contribution in [1.82, 2.24) is 4.98 Å². The summed E-state index contributed by atoms with van der Waals surface area (Å²) >= 11 is 2.30. The summed E-state index contributed by atoms with van der Waals surface area (Å²) in [6, 6.07) is 6.31. The van der Waals surface area contributed by atoms with Crippen LogP contribution in [-0.2, 0) is 0 Å². The number of nitrogens with one attached hydrogen (secondary N) is 1. The van der Waals surface area contributed by atoms with Crippen LogP contribution in [0, 0.1) is 0 Å². The summed E-state index contributed by atoms with van der Waals surface area (Å²) in [6.45, 7) is 0. The molecule has 0 spiro atoms. The molecule has 0 saturated heterocycles. The van der Waals surface area contributed by atoms with Crippen LogP contribution in [0.3, 0.4) is 0 Å². The van der Waals surface area contributed by atoms with Crippen molar-refractivity contribution in [3.8, 4) is 0 Å². The standard InChI is InChI=1S/C10H6AsNO3/c11-6-3-1-2-5-8(13)4-7(10(14)15)12-9(5)6/h1-4H,(H,12,13)(H,14,15). The van der Waals surface area contributed by atoms with Crippen molar-refractivity contribution in [2.45, 2.75) is 0 Å². The molecule has 0 saturated carbocycles. The van der Waals surface area contributed by atoms with E-state index in [0.29, 0.717) is 10.9 Å². The number of rotatable bonds is 1. The second-order valence-electron chi connectivity index (χ2n) is 3.05. The van der Waals surface area contributed by atoms with Gasteiger partial charge in [0.05, 0.1) is 0 Å². The average Bonchev–Trinajstić information content (AvgIpc) is 2.19. The summed E-state index contributed by atoms with van der Waals surface area (Å²) < 4.78 is 0.792. The number of para-hydroxylation sites is 1. The zero-order valence-corrected chi connectivity index (χ0v) is 9.40. The van der Waals surface area contributed by atoms with Crippen LogP contribution in [0.25, 0.3) is 10.9 Å². The van der Waals surface area contributed by atoms with Crippen molar-refractivity contribution in [2.75, 3.05) is 0 Å². The van der Waals surface area contributed by atoms with Gasteiger partial charge in [-0.3, -0.25) is 0 Å². The Bertz CT molecular complexity index is 603. The molecule has 15 heavy (non-hydrogen) atoms. The maximum absolute atomic E-state index is 11.6. The molecule has 1 heterocycles. The predicted molar refractivity (Wildman–Crippen MR) is 56.9 cm³/mol. The zero-order valence-electron chi connectivity index (χ0n) is 7.52. The van der Waals surface area contributed by atoms with Crippen LogP contribution in [0.15, 0.2) is 29.1 Å². The van der Waals surface area contributed by atoms with Gasteiger partial charge in [-0.15, -0.1) is 0 Å². The summed E-state index contributed by atoms with van der Waals surface area (Å²) in [5.74, 6) is -1.13. The van der Waals surface area contributed by atoms with E-state index in [0.717, 1.165) is 10.4 Å². The molecule has 0 fully saturated rings. The fourth-order valence-electron chi connectivity index (χ4n) is 1.37. The Morgan fingerprint density at radius 1 is 1.40 bits per heavy atom. The molecule has 1 aromatic heterocycles. The molecule has 0 aliphatic rings. The molecule has 0 aliphatic carbocycles. The number of carboxylic acid groups (broad SMARTS) is 1. The van der Waals surface area contributed by atoms with Gasteiger partial charge in [0, 0.05) is 0 Å². The number of hydrogen-bond donors (Lipinski definition) is 2. The molecule has 0 amide bonds. The van der Waals surface area contributed by atoms with Gasteiger partial charge in [0.25, 0.3) is 0 Å². The number of carbonyl (C=O) groups is 1. The maximum atomic E-state index is 11.6. The van der Waals surface area contributed by atoms with E-state index in [1.165, 1.54) is 0 Å². The zero-order chi connectivity index (χ0) is 11.0. The fraction of sp³-hybridized carbons (Fsp3) is 0. The quantitative estimate of drug-likeness (QED) is 0.712. The van der Waals surface area contributed by atoms with Crippen LogP contribution >= 0.6 is 0 Å². The average molecular weight is 263 g/mol. The Hall–Kier alpha value is -1.54. The number of H-pyrrole nitrogens is 1. The van der Waals surface area contributed by atoms with E-state index < -0.39 is 5.97 Å². The first-order chi connectivity index (χ1) is 7.09. The van der Waals surface area contributed by atoms with Crippen LogP contribution in [0.1, 0.15) is 10.5 Å². The molecule has 2 aromatic rings. The molecule has 0 unspecified atom stereocenters. The number of benzene rings is 1. The normalized spacial score (nSPS) is 10.5. The summed E-state index contributed by atoms with van der Waals surface area (Å²) in [7, 11) is 0. The molecule has 2 radical (unpaired) electrons. The van der Waals surface area contributed by atoms with Crippen molar-refractivity contribution in [3.05, 3.63) is 40.2 Å². The summed E-state index contributed by atoms with van der Waals surface area (Å²) in [5.41, 5.74) is 0.183. The molecule has 4 nitrogen and oxygen atoms in total. The van der Waals surface area contributed by atoms with E-state index >= 15 is 0 Å². The van der Waals surface area contributed by atoms with E-state index in [-0.39, 0.29) is 11.1 Å². The third-order valence-corrected chi connectivity index (χ3v) is 2.86. The topological polar surface area (TPSA) is 70.2 Å². The molecule has 2 rings (SSSR count). The number of pyridine rings is 1. The molecule has 5 heteroatoms. The Kier molecular flexibility index (Phi) is 2.37. The van der Waals surface area contributed by atoms with Gasteiger partial charge in [-0.1, -0.05) is 0 Å². The van der Waals surface area contributed by atoms with Crippen molar-refractivity contribution >= 4 is 38.1 Å². The summed E-state index contributed by atoms with van der Waals surface area (Å²) in [5, 5.41) is 9.28. The van der Waals surface area contributed by atoms with Crippen LogP contribution in [0.5, 0.6) is 0 Å². The SMILES string of the molecule is O=C(O)c1cc(=O)c2cccc([As])c2[nH]1. The predicted octanol–water partition coefficient (Wildman–Crippen LogP) is 0.0201. The van der Waals surface area contributed by atoms with Gasteiger partial charge in [0.2, 0.25) is 0 Å². The molecular weight excluding hydrogens is 257 g/mol. The van der Waals surface area contributed by atoms with Crippen molar-refractivity contribution < 1.29 is 9.90 Å². The van der Waals surface area contributed by atoms with Crippen LogP contribution < -0.4 is 9.78 Å². The van der Waals surface area contributed by atoms with Crippen LogP contribution in [0.4, 0.5) is 0 Å². The molecule has 0 bridgehead atoms. The van der Waals surface area contributed by atoms with Crippen LogP contribution in [-0.4, -0.2) is 32.9 Å². The van der Waals surface area contributed by atoms with Gasteiger partial charge >= 0.3 is 93.1 Å². The van der Waals surface area contributed by atoms with Crippen molar-refractivity contribution in [3.63, 3.8) is 0 Å². The molecule has 0 atom stereocenters. The van der Waals surface area contributed by atoms with E-state index in [9.17, 15) is 9.59 Å². The van der Waals surface area contributed by atoms with Crippen molar-refractivity contribution in [1.29, 1.82) is 0 Å². The van der Waals surface area contributed by atoms with Gasteiger partial charge in [0.1, 0.15) is 0 Å². The van der Waals surface area contributed by atoms with E-state index in [1.54, 1.807) is 18.2 Å². The van der Waals surface area contributed by atoms with Gasteiger partial charge < -0.3 is 0 Å². The molecular formula is C10H6AsNO3. The molecule has 1 aromatic carbocycles. The number of hydrogen-bond acceptors (Lipinski definition) is 2. The van der Waals surface area contributed by atoms with Gasteiger partial charge in [0.15, 0.2) is 0 Å². The second-order valence-corrected chi connectivity index (χ2v) is 4.06. The third-order valence-electron chi connectivity index (χ3n) is 2.07. The Balaban J connectivity index is 2.92. The Labute approximate surface area is 93.4 Å². The number of aromatic amines is 1. The van der Waals surface area contributed by atoms with E-state index in [2.05, 4.69) is 21.8 Å². The number of carboxylic acids is 1. The van der Waals surface area contributed by atoms with E-state index in [4.69, 9.17) is 5.11 Å². The summed E-state index contributed by atoms with van der Waals surface area (Å²) in [6.07, 6.45) is 0. The summed E-state index contributed by atoms with van der Waals surface area (Å²) in [4.78, 5) is 25.0. The molecule has 0 aliphatic heterocycles. The first-order valence-corrected chi connectivity index (χ1v) is 5.12. The number of fused-ring (bicyclic) bond motifs is 1. The first-order valence-electron chi connectivity index (χ1n) is 4.18. The van der Waals surface area contributed by atoms with Gasteiger partial charge in [-0.25, -0.2) is 0 Å². The number of aromatic carboxylic acids is 1. The fourth-order valence-corrected chi connectivity index (χ4v) is 1.92. The third kappa shape index (κ3) is 1.68. The molecule has 2 N–H and O–H groups in total. The Morgan fingerprint density at radius 3 is 2.80 bits per heavy atom. The monoisotopic (exact) mass is 263 g/mol. The minimum absolute atomic E-state index is 0.0917. The van der Waals surface area contributed by atoms with Gasteiger partial charge in [-0.2, -0.15) is 0 Å². The second kappa shape index (κ2) is 3.55. The Morgan fingerprint density at radius 2 is 2.13 bits per heavy atom.